The molecule has 0 radical (unpaired) electrons. The second-order valence-electron chi connectivity index (χ2n) is 6.62. The predicted molar refractivity (Wildman–Crippen MR) is 104 cm³/mol. The summed E-state index contributed by atoms with van der Waals surface area (Å²) in [7, 11) is 1.33. The molecule has 1 fully saturated rings. The molecule has 0 saturated heterocycles. The van der Waals surface area contributed by atoms with Gasteiger partial charge in [0.1, 0.15) is 5.01 Å². The lowest BCUT2D eigenvalue weighted by molar-refractivity contribution is -0.141. The Bertz CT molecular complexity index is 759. The zero-order chi connectivity index (χ0) is 19.1. The number of nitrogens with one attached hydrogen (secondary N) is 2. The lowest BCUT2D eigenvalue weighted by Gasteiger charge is -2.18. The van der Waals surface area contributed by atoms with Crippen molar-refractivity contribution in [1.29, 1.82) is 0 Å². The highest BCUT2D eigenvalue weighted by molar-refractivity contribution is 7.15. The van der Waals surface area contributed by atoms with E-state index in [1.54, 1.807) is 0 Å². The first-order valence-electron chi connectivity index (χ1n) is 9.18. The zero-order valence-corrected chi connectivity index (χ0v) is 16.1. The van der Waals surface area contributed by atoms with Crippen molar-refractivity contribution < 1.29 is 14.3 Å². The molecule has 1 aliphatic carbocycles. The van der Waals surface area contributed by atoms with Crippen molar-refractivity contribution in [2.75, 3.05) is 12.4 Å². The van der Waals surface area contributed by atoms with E-state index < -0.39 is 12.1 Å². The maximum Gasteiger partial charge on any atom is 0.321 e. The van der Waals surface area contributed by atoms with Crippen LogP contribution in [0.25, 0.3) is 0 Å². The highest BCUT2D eigenvalue weighted by Crippen LogP contribution is 2.35. The Kier molecular flexibility index (Phi) is 6.75. The molecule has 2 N–H and O–H groups in total. The molecule has 2 aromatic rings. The number of aromatic nitrogens is 2. The first-order chi connectivity index (χ1) is 13.2. The van der Waals surface area contributed by atoms with Gasteiger partial charge in [-0.1, -0.05) is 60.9 Å². The molecule has 7 nitrogen and oxygen atoms in total. The Morgan fingerprint density at radius 2 is 1.93 bits per heavy atom. The van der Waals surface area contributed by atoms with Crippen molar-refractivity contribution in [3.63, 3.8) is 0 Å². The summed E-state index contributed by atoms with van der Waals surface area (Å²) in [6.07, 6.45) is 6.05. The first kappa shape index (κ1) is 19.3. The Labute approximate surface area is 162 Å². The summed E-state index contributed by atoms with van der Waals surface area (Å²) in [6, 6.07) is 8.43. The van der Waals surface area contributed by atoms with Gasteiger partial charge in [0.05, 0.1) is 19.6 Å². The highest BCUT2D eigenvalue weighted by atomic mass is 32.1. The molecule has 2 amide bonds. The van der Waals surface area contributed by atoms with E-state index in [0.29, 0.717) is 11.0 Å². The monoisotopic (exact) mass is 388 g/mol. The summed E-state index contributed by atoms with van der Waals surface area (Å²) < 4.78 is 4.74. The van der Waals surface area contributed by atoms with Crippen LogP contribution in [0.1, 0.15) is 61.1 Å². The van der Waals surface area contributed by atoms with E-state index in [-0.39, 0.29) is 12.4 Å². The van der Waals surface area contributed by atoms with Crippen LogP contribution >= 0.6 is 11.3 Å². The third kappa shape index (κ3) is 5.50. The molecule has 1 aliphatic rings. The zero-order valence-electron chi connectivity index (χ0n) is 15.3. The van der Waals surface area contributed by atoms with Crippen LogP contribution in [0.15, 0.2) is 30.3 Å². The SMILES string of the molecule is COC(=O)CC(NC(=O)Nc1nnc(C2CCCCC2)s1)c1ccccc1. The predicted octanol–water partition coefficient (Wildman–Crippen LogP) is 4.01. The van der Waals surface area contributed by atoms with Gasteiger partial charge in [-0.2, -0.15) is 0 Å². The van der Waals surface area contributed by atoms with Crippen molar-refractivity contribution >= 4 is 28.5 Å². The maximum atomic E-state index is 12.4. The number of hydrogen-bond acceptors (Lipinski definition) is 6. The summed E-state index contributed by atoms with van der Waals surface area (Å²) in [5.41, 5.74) is 0.832. The smallest absolute Gasteiger partial charge is 0.321 e. The first-order valence-corrected chi connectivity index (χ1v) is 10.00. The molecule has 0 spiro atoms. The molecule has 144 valence electrons. The van der Waals surface area contributed by atoms with Crippen molar-refractivity contribution in [3.05, 3.63) is 40.9 Å². The number of benzene rings is 1. The highest BCUT2D eigenvalue weighted by Gasteiger charge is 2.22. The fourth-order valence-electron chi connectivity index (χ4n) is 3.28. The van der Waals surface area contributed by atoms with Gasteiger partial charge in [-0.15, -0.1) is 10.2 Å². The molecule has 1 unspecified atom stereocenters. The van der Waals surface area contributed by atoms with Crippen LogP contribution in [-0.2, 0) is 9.53 Å². The van der Waals surface area contributed by atoms with Gasteiger partial charge in [0, 0.05) is 5.92 Å². The van der Waals surface area contributed by atoms with Gasteiger partial charge >= 0.3 is 12.0 Å². The van der Waals surface area contributed by atoms with Gasteiger partial charge in [-0.25, -0.2) is 4.79 Å². The van der Waals surface area contributed by atoms with Crippen LogP contribution in [0.5, 0.6) is 0 Å². The number of rotatable bonds is 6. The molecule has 1 atom stereocenters. The van der Waals surface area contributed by atoms with Crippen molar-refractivity contribution in [2.45, 2.75) is 50.5 Å². The Morgan fingerprint density at radius 1 is 1.19 bits per heavy atom. The molecule has 1 saturated carbocycles. The number of anilines is 1. The second kappa shape index (κ2) is 9.45. The average Bonchev–Trinajstić information content (AvgIpc) is 3.17. The number of carbonyl (C=O) groups excluding carboxylic acids is 2. The van der Waals surface area contributed by atoms with Crippen molar-refractivity contribution in [3.8, 4) is 0 Å². The fourth-order valence-corrected chi connectivity index (χ4v) is 4.19. The van der Waals surface area contributed by atoms with E-state index in [9.17, 15) is 9.59 Å². The van der Waals surface area contributed by atoms with E-state index in [1.807, 2.05) is 30.3 Å². The van der Waals surface area contributed by atoms with Gasteiger partial charge in [-0.05, 0) is 18.4 Å². The molecular weight excluding hydrogens is 364 g/mol. The largest absolute Gasteiger partial charge is 0.469 e. The summed E-state index contributed by atoms with van der Waals surface area (Å²) >= 11 is 1.42. The number of carbonyl (C=O) groups is 2. The Morgan fingerprint density at radius 3 is 2.63 bits per heavy atom. The standard InChI is InChI=1S/C19H24N4O3S/c1-26-16(24)12-15(13-8-4-2-5-9-13)20-18(25)21-19-23-22-17(27-19)14-10-6-3-7-11-14/h2,4-5,8-9,14-15H,3,6-7,10-12H2,1H3,(H2,20,21,23,25). The van der Waals surface area contributed by atoms with Crippen LogP contribution in [0.4, 0.5) is 9.93 Å². The molecule has 0 aliphatic heterocycles. The maximum absolute atomic E-state index is 12.4. The summed E-state index contributed by atoms with van der Waals surface area (Å²) in [6.45, 7) is 0. The van der Waals surface area contributed by atoms with Crippen LogP contribution in [0, 0.1) is 0 Å². The summed E-state index contributed by atoms with van der Waals surface area (Å²) in [4.78, 5) is 24.1. The number of methoxy groups -OCH3 is 1. The van der Waals surface area contributed by atoms with E-state index in [4.69, 9.17) is 4.74 Å². The van der Waals surface area contributed by atoms with E-state index >= 15 is 0 Å². The number of hydrogen-bond donors (Lipinski definition) is 2. The molecule has 1 aromatic heterocycles. The summed E-state index contributed by atoms with van der Waals surface area (Å²) in [5.74, 6) is 0.0610. The minimum Gasteiger partial charge on any atom is -0.469 e. The van der Waals surface area contributed by atoms with Crippen molar-refractivity contribution in [2.24, 2.45) is 0 Å². The van der Waals surface area contributed by atoms with Gasteiger partial charge < -0.3 is 10.1 Å². The third-order valence-corrected chi connectivity index (χ3v) is 5.72. The number of urea groups is 1. The van der Waals surface area contributed by atoms with Crippen LogP contribution in [0.3, 0.4) is 0 Å². The van der Waals surface area contributed by atoms with Gasteiger partial charge in [0.15, 0.2) is 0 Å². The number of amides is 2. The minimum atomic E-state index is -0.482. The second-order valence-corrected chi connectivity index (χ2v) is 7.63. The quantitative estimate of drug-likeness (QED) is 0.729. The van der Waals surface area contributed by atoms with E-state index in [2.05, 4.69) is 20.8 Å². The van der Waals surface area contributed by atoms with Crippen LogP contribution < -0.4 is 10.6 Å². The number of ether oxygens (including phenoxy) is 1. The molecule has 0 bridgehead atoms. The van der Waals surface area contributed by atoms with Gasteiger partial charge in [0.25, 0.3) is 0 Å². The molecular formula is C19H24N4O3S. The third-order valence-electron chi connectivity index (χ3n) is 4.72. The molecule has 8 heteroatoms. The van der Waals surface area contributed by atoms with Gasteiger partial charge in [-0.3, -0.25) is 10.1 Å². The average molecular weight is 388 g/mol. The Hall–Kier alpha value is -2.48. The topological polar surface area (TPSA) is 93.2 Å². The molecule has 27 heavy (non-hydrogen) atoms. The molecule has 1 heterocycles. The van der Waals surface area contributed by atoms with Crippen molar-refractivity contribution in [1.82, 2.24) is 15.5 Å². The normalized spacial score (nSPS) is 15.7. The minimum absolute atomic E-state index is 0.0530. The number of esters is 1. The van der Waals surface area contributed by atoms with Gasteiger partial charge in [0.2, 0.25) is 5.13 Å². The van der Waals surface area contributed by atoms with E-state index in [1.165, 1.54) is 37.7 Å². The lowest BCUT2D eigenvalue weighted by Crippen LogP contribution is -2.34. The van der Waals surface area contributed by atoms with Crippen LogP contribution in [-0.4, -0.2) is 29.3 Å². The molecule has 3 rings (SSSR count). The Balaban J connectivity index is 1.62. The van der Waals surface area contributed by atoms with E-state index in [0.717, 1.165) is 23.4 Å². The number of nitrogens with zero attached hydrogens (tertiary/aromatic N) is 2. The van der Waals surface area contributed by atoms with Crippen LogP contribution in [0.2, 0.25) is 0 Å². The molecule has 1 aromatic carbocycles. The fraction of sp³-hybridized carbons (Fsp3) is 0.474. The lowest BCUT2D eigenvalue weighted by atomic mass is 9.90. The summed E-state index contributed by atoms with van der Waals surface area (Å²) in [5, 5.41) is 15.4.